The van der Waals surface area contributed by atoms with Crippen LogP contribution in [0.2, 0.25) is 0 Å². The summed E-state index contributed by atoms with van der Waals surface area (Å²) in [6.45, 7) is 2.51. The normalized spacial score (nSPS) is 10.8. The van der Waals surface area contributed by atoms with Gasteiger partial charge in [0.1, 0.15) is 6.67 Å². The second-order valence-corrected chi connectivity index (χ2v) is 3.86. The second kappa shape index (κ2) is 4.99. The van der Waals surface area contributed by atoms with Gasteiger partial charge in [-0.05, 0) is 13.0 Å². The minimum atomic E-state index is -0.399. The van der Waals surface area contributed by atoms with E-state index in [1.54, 1.807) is 17.1 Å². The van der Waals surface area contributed by atoms with Crippen LogP contribution in [0.3, 0.4) is 0 Å². The van der Waals surface area contributed by atoms with Crippen LogP contribution in [0.1, 0.15) is 11.4 Å². The van der Waals surface area contributed by atoms with E-state index in [9.17, 15) is 4.39 Å². The number of halogens is 1. The summed E-state index contributed by atoms with van der Waals surface area (Å²) in [5, 5.41) is 11.5. The van der Waals surface area contributed by atoms with Crippen LogP contribution in [0.4, 0.5) is 10.1 Å². The molecule has 0 atom stereocenters. The van der Waals surface area contributed by atoms with Gasteiger partial charge in [-0.1, -0.05) is 0 Å². The van der Waals surface area contributed by atoms with Gasteiger partial charge >= 0.3 is 0 Å². The molecule has 17 heavy (non-hydrogen) atoms. The predicted molar refractivity (Wildman–Crippen MR) is 63.5 cm³/mol. The van der Waals surface area contributed by atoms with Crippen LogP contribution >= 0.6 is 0 Å². The highest BCUT2D eigenvalue weighted by Crippen LogP contribution is 2.14. The number of anilines is 1. The summed E-state index contributed by atoms with van der Waals surface area (Å²) in [6.07, 6.45) is 3.48. The van der Waals surface area contributed by atoms with Gasteiger partial charge in [-0.25, -0.2) is 4.39 Å². The van der Waals surface area contributed by atoms with E-state index in [2.05, 4.69) is 15.5 Å². The molecule has 0 fully saturated rings. The average molecular weight is 237 g/mol. The Morgan fingerprint density at radius 1 is 1.41 bits per heavy atom. The van der Waals surface area contributed by atoms with Crippen molar-refractivity contribution in [3.63, 3.8) is 0 Å². The highest BCUT2D eigenvalue weighted by molar-refractivity contribution is 5.45. The molecular weight excluding hydrogens is 221 g/mol. The smallest absolute Gasteiger partial charge is 0.109 e. The number of nitrogens with zero attached hydrogens (tertiary/aromatic N) is 4. The van der Waals surface area contributed by atoms with Crippen molar-refractivity contribution in [2.45, 2.75) is 20.0 Å². The summed E-state index contributed by atoms with van der Waals surface area (Å²) in [4.78, 5) is 0. The lowest BCUT2D eigenvalue weighted by Crippen LogP contribution is -2.07. The van der Waals surface area contributed by atoms with Gasteiger partial charge in [-0.15, -0.1) is 0 Å². The number of aryl methyl sites for hydroxylation is 2. The molecule has 1 N–H and O–H groups in total. The summed E-state index contributed by atoms with van der Waals surface area (Å²) in [5.41, 5.74) is 2.96. The van der Waals surface area contributed by atoms with Crippen LogP contribution in [-0.2, 0) is 20.1 Å². The van der Waals surface area contributed by atoms with Gasteiger partial charge in [0.25, 0.3) is 0 Å². The molecule has 0 unspecified atom stereocenters. The van der Waals surface area contributed by atoms with Gasteiger partial charge in [0, 0.05) is 13.2 Å². The summed E-state index contributed by atoms with van der Waals surface area (Å²) in [6, 6.07) is 1.95. The van der Waals surface area contributed by atoms with Gasteiger partial charge in [0.2, 0.25) is 0 Å². The van der Waals surface area contributed by atoms with Crippen molar-refractivity contribution in [3.05, 3.63) is 29.8 Å². The van der Waals surface area contributed by atoms with Crippen molar-refractivity contribution in [2.75, 3.05) is 12.0 Å². The first-order valence-electron chi connectivity index (χ1n) is 5.51. The first-order valence-corrected chi connectivity index (χ1v) is 5.51. The van der Waals surface area contributed by atoms with E-state index < -0.39 is 6.67 Å². The van der Waals surface area contributed by atoms with E-state index in [4.69, 9.17) is 0 Å². The molecule has 2 aromatic rings. The highest BCUT2D eigenvalue weighted by Gasteiger charge is 2.06. The van der Waals surface area contributed by atoms with Crippen LogP contribution < -0.4 is 5.32 Å². The molecule has 0 aliphatic rings. The van der Waals surface area contributed by atoms with Crippen LogP contribution in [-0.4, -0.2) is 26.2 Å². The lowest BCUT2D eigenvalue weighted by Gasteiger charge is -2.06. The van der Waals surface area contributed by atoms with Crippen molar-refractivity contribution in [2.24, 2.45) is 7.05 Å². The molecule has 0 bridgehead atoms. The Morgan fingerprint density at radius 3 is 2.88 bits per heavy atom. The molecule has 0 amide bonds. The van der Waals surface area contributed by atoms with Crippen molar-refractivity contribution in [3.8, 4) is 0 Å². The largest absolute Gasteiger partial charge is 0.377 e. The van der Waals surface area contributed by atoms with Crippen molar-refractivity contribution in [1.29, 1.82) is 0 Å². The third kappa shape index (κ3) is 2.46. The molecule has 2 heterocycles. The summed E-state index contributed by atoms with van der Waals surface area (Å²) < 4.78 is 15.7. The molecule has 2 rings (SSSR count). The highest BCUT2D eigenvalue weighted by atomic mass is 19.1. The Morgan fingerprint density at radius 2 is 2.24 bits per heavy atom. The fraction of sp³-hybridized carbons (Fsp3) is 0.455. The first-order chi connectivity index (χ1) is 8.22. The third-order valence-corrected chi connectivity index (χ3v) is 2.78. The molecule has 0 saturated heterocycles. The SMILES string of the molecule is Cc1c(NCc2ccnn2C)cnn1CCF. The zero-order valence-corrected chi connectivity index (χ0v) is 10.0. The Labute approximate surface area is 99.2 Å². The number of nitrogens with one attached hydrogen (secondary N) is 1. The third-order valence-electron chi connectivity index (χ3n) is 2.78. The van der Waals surface area contributed by atoms with Gasteiger partial charge in [0.05, 0.1) is 36.4 Å². The van der Waals surface area contributed by atoms with Crippen LogP contribution in [0.5, 0.6) is 0 Å². The molecule has 0 aromatic carbocycles. The first kappa shape index (κ1) is 11.6. The van der Waals surface area contributed by atoms with E-state index in [1.165, 1.54) is 0 Å². The van der Waals surface area contributed by atoms with Crippen LogP contribution in [0, 0.1) is 6.92 Å². The fourth-order valence-electron chi connectivity index (χ4n) is 1.69. The van der Waals surface area contributed by atoms with Gasteiger partial charge in [-0.2, -0.15) is 10.2 Å². The monoisotopic (exact) mass is 237 g/mol. The zero-order chi connectivity index (χ0) is 12.3. The lowest BCUT2D eigenvalue weighted by molar-refractivity contribution is 0.423. The van der Waals surface area contributed by atoms with Crippen LogP contribution in [0.25, 0.3) is 0 Å². The molecule has 5 nitrogen and oxygen atoms in total. The molecule has 0 aliphatic heterocycles. The van der Waals surface area contributed by atoms with Gasteiger partial charge in [-0.3, -0.25) is 9.36 Å². The van der Waals surface area contributed by atoms with Crippen molar-refractivity contribution >= 4 is 5.69 Å². The summed E-state index contributed by atoms with van der Waals surface area (Å²) in [5.74, 6) is 0. The van der Waals surface area contributed by atoms with E-state index >= 15 is 0 Å². The number of hydrogen-bond donors (Lipinski definition) is 1. The number of hydrogen-bond acceptors (Lipinski definition) is 3. The Bertz CT molecular complexity index is 488. The molecule has 0 spiro atoms. The molecule has 0 saturated carbocycles. The summed E-state index contributed by atoms with van der Waals surface area (Å²) in [7, 11) is 1.90. The fourth-order valence-corrected chi connectivity index (χ4v) is 1.69. The van der Waals surface area contributed by atoms with E-state index in [1.807, 2.05) is 24.7 Å². The maximum absolute atomic E-state index is 12.2. The lowest BCUT2D eigenvalue weighted by atomic mass is 10.3. The maximum atomic E-state index is 12.2. The zero-order valence-electron chi connectivity index (χ0n) is 10.0. The van der Waals surface area contributed by atoms with Gasteiger partial charge < -0.3 is 5.32 Å². The number of aromatic nitrogens is 4. The number of rotatable bonds is 5. The Hall–Kier alpha value is -1.85. The summed E-state index contributed by atoms with van der Waals surface area (Å²) >= 11 is 0. The minimum Gasteiger partial charge on any atom is -0.377 e. The average Bonchev–Trinajstić information content (AvgIpc) is 2.86. The minimum absolute atomic E-state index is 0.305. The maximum Gasteiger partial charge on any atom is 0.109 e. The van der Waals surface area contributed by atoms with Crippen molar-refractivity contribution in [1.82, 2.24) is 19.6 Å². The number of alkyl halides is 1. The standard InChI is InChI=1S/C11H16FN5/c1-9-11(8-15-17(9)6-4-12)13-7-10-3-5-14-16(10)2/h3,5,8,13H,4,6-7H2,1-2H3. The molecule has 2 aromatic heterocycles. The van der Waals surface area contributed by atoms with E-state index in [0.29, 0.717) is 13.1 Å². The topological polar surface area (TPSA) is 47.7 Å². The van der Waals surface area contributed by atoms with Crippen LogP contribution in [0.15, 0.2) is 18.5 Å². The molecular formula is C11H16FN5. The van der Waals surface area contributed by atoms with Gasteiger partial charge in [0.15, 0.2) is 0 Å². The molecule has 92 valence electrons. The Balaban J connectivity index is 2.02. The Kier molecular flexibility index (Phi) is 3.41. The van der Waals surface area contributed by atoms with Crippen molar-refractivity contribution < 1.29 is 4.39 Å². The molecule has 0 aliphatic carbocycles. The molecule has 0 radical (unpaired) electrons. The van der Waals surface area contributed by atoms with E-state index in [0.717, 1.165) is 17.1 Å². The van der Waals surface area contributed by atoms with E-state index in [-0.39, 0.29) is 0 Å². The second-order valence-electron chi connectivity index (χ2n) is 3.86. The quantitative estimate of drug-likeness (QED) is 0.857. The predicted octanol–water partition coefficient (Wildman–Crippen LogP) is 1.51. The molecule has 6 heteroatoms.